The molecule has 16 heavy (non-hydrogen) atoms. The number of carbonyl (C=O) groups is 4. The molecule has 0 amide bonds. The van der Waals surface area contributed by atoms with Crippen molar-refractivity contribution in [3.05, 3.63) is 12.7 Å². The minimum absolute atomic E-state index is 0.0121. The van der Waals surface area contributed by atoms with Crippen molar-refractivity contribution in [2.24, 2.45) is 0 Å². The van der Waals surface area contributed by atoms with Crippen LogP contribution in [0.1, 0.15) is 26.2 Å². The van der Waals surface area contributed by atoms with Crippen LogP contribution < -0.4 is 0 Å². The number of hydrogen-bond donors (Lipinski definition) is 0. The first-order chi connectivity index (χ1) is 7.47. The normalized spacial score (nSPS) is 9.31. The van der Waals surface area contributed by atoms with Crippen LogP contribution in [0.4, 0.5) is 0 Å². The smallest absolute Gasteiger partial charge is 0.313 e. The van der Waals surface area contributed by atoms with Crippen LogP contribution in [0.3, 0.4) is 0 Å². The van der Waals surface area contributed by atoms with E-state index in [4.69, 9.17) is 0 Å². The van der Waals surface area contributed by atoms with Crippen LogP contribution in [0.25, 0.3) is 0 Å². The number of ether oxygens (including phenoxy) is 1. The summed E-state index contributed by atoms with van der Waals surface area (Å²) in [5, 5.41) is 0. The summed E-state index contributed by atoms with van der Waals surface area (Å²) in [7, 11) is 0. The molecule has 5 nitrogen and oxygen atoms in total. The van der Waals surface area contributed by atoms with E-state index in [-0.39, 0.29) is 31.7 Å². The van der Waals surface area contributed by atoms with E-state index in [9.17, 15) is 19.2 Å². The van der Waals surface area contributed by atoms with Crippen molar-refractivity contribution in [2.75, 3.05) is 6.61 Å². The second kappa shape index (κ2) is 7.50. The average Bonchev–Trinajstić information content (AvgIpc) is 2.21. The highest BCUT2D eigenvalue weighted by atomic mass is 16.5. The van der Waals surface area contributed by atoms with Gasteiger partial charge in [0.1, 0.15) is 12.2 Å². The van der Waals surface area contributed by atoms with Gasteiger partial charge in [0.25, 0.3) is 0 Å². The molecule has 0 saturated carbocycles. The quantitative estimate of drug-likeness (QED) is 0.199. The van der Waals surface area contributed by atoms with Crippen molar-refractivity contribution in [1.82, 2.24) is 0 Å². The Labute approximate surface area is 93.5 Å². The van der Waals surface area contributed by atoms with Gasteiger partial charge in [-0.05, 0) is 19.4 Å². The highest BCUT2D eigenvalue weighted by Gasteiger charge is 2.10. The summed E-state index contributed by atoms with van der Waals surface area (Å²) in [6.45, 7) is 4.49. The summed E-state index contributed by atoms with van der Waals surface area (Å²) in [5.41, 5.74) is 0. The van der Waals surface area contributed by atoms with Crippen molar-refractivity contribution >= 4 is 23.3 Å². The lowest BCUT2D eigenvalue weighted by atomic mass is 10.1. The lowest BCUT2D eigenvalue weighted by molar-refractivity contribution is -0.146. The number of Topliss-reactive ketones (excluding diaryl/α,β-unsaturated/α-hetero) is 2. The van der Waals surface area contributed by atoms with Crippen LogP contribution in [0.15, 0.2) is 12.7 Å². The SMILES string of the molecule is C=CC(=O)C(=O)CCCOC(=O)CC(C)=O. The van der Waals surface area contributed by atoms with Gasteiger partial charge >= 0.3 is 5.97 Å². The monoisotopic (exact) mass is 226 g/mol. The fraction of sp³-hybridized carbons (Fsp3) is 0.455. The van der Waals surface area contributed by atoms with Gasteiger partial charge < -0.3 is 4.74 Å². The maximum absolute atomic E-state index is 11.0. The fourth-order valence-corrected chi connectivity index (χ4v) is 0.910. The highest BCUT2D eigenvalue weighted by Crippen LogP contribution is 1.96. The van der Waals surface area contributed by atoms with Crippen molar-refractivity contribution < 1.29 is 23.9 Å². The summed E-state index contributed by atoms with van der Waals surface area (Å²) in [6, 6.07) is 0. The molecule has 0 aromatic rings. The molecular weight excluding hydrogens is 212 g/mol. The van der Waals surface area contributed by atoms with Gasteiger partial charge in [0.15, 0.2) is 0 Å². The Morgan fingerprint density at radius 3 is 2.38 bits per heavy atom. The van der Waals surface area contributed by atoms with Crippen LogP contribution in [-0.2, 0) is 23.9 Å². The number of carbonyl (C=O) groups excluding carboxylic acids is 4. The van der Waals surface area contributed by atoms with Crippen LogP contribution in [-0.4, -0.2) is 29.9 Å². The summed E-state index contributed by atoms with van der Waals surface area (Å²) < 4.78 is 4.67. The topological polar surface area (TPSA) is 77.5 Å². The van der Waals surface area contributed by atoms with E-state index < -0.39 is 17.5 Å². The van der Waals surface area contributed by atoms with E-state index >= 15 is 0 Å². The molecule has 0 unspecified atom stereocenters. The van der Waals surface area contributed by atoms with Gasteiger partial charge in [-0.15, -0.1) is 0 Å². The fourth-order valence-electron chi connectivity index (χ4n) is 0.910. The van der Waals surface area contributed by atoms with Crippen LogP contribution in [0.2, 0.25) is 0 Å². The zero-order valence-electron chi connectivity index (χ0n) is 9.15. The third-order valence-corrected chi connectivity index (χ3v) is 1.66. The van der Waals surface area contributed by atoms with E-state index in [0.29, 0.717) is 0 Å². The number of esters is 1. The Morgan fingerprint density at radius 2 is 1.88 bits per heavy atom. The first-order valence-corrected chi connectivity index (χ1v) is 4.82. The van der Waals surface area contributed by atoms with Gasteiger partial charge in [-0.1, -0.05) is 6.58 Å². The van der Waals surface area contributed by atoms with Crippen LogP contribution in [0.5, 0.6) is 0 Å². The van der Waals surface area contributed by atoms with E-state index in [1.165, 1.54) is 6.92 Å². The van der Waals surface area contributed by atoms with Crippen molar-refractivity contribution in [1.29, 1.82) is 0 Å². The Morgan fingerprint density at radius 1 is 1.25 bits per heavy atom. The van der Waals surface area contributed by atoms with Gasteiger partial charge in [-0.3, -0.25) is 19.2 Å². The van der Waals surface area contributed by atoms with E-state index in [2.05, 4.69) is 11.3 Å². The Hall–Kier alpha value is -1.78. The first kappa shape index (κ1) is 14.2. The molecule has 0 N–H and O–H groups in total. The predicted molar refractivity (Wildman–Crippen MR) is 55.7 cm³/mol. The summed E-state index contributed by atoms with van der Waals surface area (Å²) in [6.07, 6.45) is 0.962. The van der Waals surface area contributed by atoms with Crippen LogP contribution >= 0.6 is 0 Å². The van der Waals surface area contributed by atoms with E-state index in [1.54, 1.807) is 0 Å². The Kier molecular flexibility index (Phi) is 6.67. The second-order valence-electron chi connectivity index (χ2n) is 3.19. The molecule has 0 heterocycles. The largest absolute Gasteiger partial charge is 0.465 e. The van der Waals surface area contributed by atoms with Crippen molar-refractivity contribution in [3.63, 3.8) is 0 Å². The summed E-state index contributed by atoms with van der Waals surface area (Å²) in [4.78, 5) is 43.1. The summed E-state index contributed by atoms with van der Waals surface area (Å²) >= 11 is 0. The average molecular weight is 226 g/mol. The summed E-state index contributed by atoms with van der Waals surface area (Å²) in [5.74, 6) is -2.09. The first-order valence-electron chi connectivity index (χ1n) is 4.82. The minimum atomic E-state index is -0.643. The molecule has 0 spiro atoms. The second-order valence-corrected chi connectivity index (χ2v) is 3.19. The molecule has 0 aromatic heterocycles. The zero-order valence-corrected chi connectivity index (χ0v) is 9.15. The molecule has 0 aliphatic heterocycles. The third kappa shape index (κ3) is 6.64. The number of allylic oxidation sites excluding steroid dienone is 1. The van der Waals surface area contributed by atoms with Gasteiger partial charge in [0.05, 0.1) is 6.61 Å². The minimum Gasteiger partial charge on any atom is -0.465 e. The molecule has 0 saturated heterocycles. The van der Waals surface area contributed by atoms with Crippen LogP contribution in [0, 0.1) is 0 Å². The van der Waals surface area contributed by atoms with Gasteiger partial charge in [0, 0.05) is 6.42 Å². The molecule has 0 bridgehead atoms. The predicted octanol–water partition coefficient (Wildman–Crippen LogP) is 0.613. The van der Waals surface area contributed by atoms with Crippen molar-refractivity contribution in [2.45, 2.75) is 26.2 Å². The third-order valence-electron chi connectivity index (χ3n) is 1.66. The van der Waals surface area contributed by atoms with Gasteiger partial charge in [-0.2, -0.15) is 0 Å². The molecule has 0 fully saturated rings. The van der Waals surface area contributed by atoms with Gasteiger partial charge in [0.2, 0.25) is 11.6 Å². The zero-order chi connectivity index (χ0) is 12.6. The molecule has 0 aliphatic rings. The Balaban J connectivity index is 3.64. The molecule has 0 rings (SSSR count). The van der Waals surface area contributed by atoms with Crippen molar-refractivity contribution in [3.8, 4) is 0 Å². The molecule has 5 heteroatoms. The van der Waals surface area contributed by atoms with Gasteiger partial charge in [-0.25, -0.2) is 0 Å². The highest BCUT2D eigenvalue weighted by molar-refractivity contribution is 6.41. The maximum Gasteiger partial charge on any atom is 0.313 e. The number of rotatable bonds is 8. The number of hydrogen-bond acceptors (Lipinski definition) is 5. The molecule has 0 aromatic carbocycles. The van der Waals surface area contributed by atoms with E-state index in [0.717, 1.165) is 6.08 Å². The standard InChI is InChI=1S/C11H14O5/c1-3-9(13)10(14)5-4-6-16-11(15)7-8(2)12/h3H,1,4-7H2,2H3. The molecular formula is C11H14O5. The molecule has 0 atom stereocenters. The Bertz CT molecular complexity index is 316. The van der Waals surface area contributed by atoms with E-state index in [1.807, 2.05) is 0 Å². The molecule has 88 valence electrons. The maximum atomic E-state index is 11.0. The molecule has 0 radical (unpaired) electrons. The lowest BCUT2D eigenvalue weighted by Crippen LogP contribution is -2.13. The molecule has 0 aliphatic carbocycles. The number of ketones is 3. The lowest BCUT2D eigenvalue weighted by Gasteiger charge is -2.02.